The third kappa shape index (κ3) is 2.62. The first-order valence-corrected chi connectivity index (χ1v) is 5.97. The molecule has 0 radical (unpaired) electrons. The molecule has 0 spiro atoms. The molecule has 0 aromatic heterocycles. The number of ketones is 1. The molecule has 0 saturated heterocycles. The maximum Gasteiger partial charge on any atom is 0.174 e. The molecule has 0 bridgehead atoms. The van der Waals surface area contributed by atoms with Gasteiger partial charge < -0.3 is 0 Å². The van der Waals surface area contributed by atoms with Crippen molar-refractivity contribution in [1.82, 2.24) is 0 Å². The number of benzene rings is 1. The molecule has 0 fully saturated rings. The van der Waals surface area contributed by atoms with Crippen molar-refractivity contribution in [2.24, 2.45) is 5.92 Å². The van der Waals surface area contributed by atoms with Crippen molar-refractivity contribution >= 4 is 5.78 Å². The highest BCUT2D eigenvalue weighted by Gasteiger charge is 2.20. The lowest BCUT2D eigenvalue weighted by Crippen LogP contribution is -2.15. The molecule has 0 N–H and O–H groups in total. The Balaban J connectivity index is 2.28. The van der Waals surface area contributed by atoms with Gasteiger partial charge in [0.25, 0.3) is 0 Å². The van der Waals surface area contributed by atoms with Gasteiger partial charge in [0.2, 0.25) is 0 Å². The molecule has 0 amide bonds. The number of allylic oxidation sites excluding steroid dienone is 6. The summed E-state index contributed by atoms with van der Waals surface area (Å²) in [5.41, 5.74) is 1.88. The number of carbonyl (C=O) groups is 1. The van der Waals surface area contributed by atoms with Crippen LogP contribution >= 0.6 is 0 Å². The van der Waals surface area contributed by atoms with Crippen molar-refractivity contribution in [3.05, 3.63) is 71.8 Å². The lowest BCUT2D eigenvalue weighted by atomic mass is 9.87. The molecule has 1 aliphatic carbocycles. The molecular weight excluding hydrogens is 208 g/mol. The van der Waals surface area contributed by atoms with E-state index in [9.17, 15) is 4.79 Å². The molecule has 2 rings (SSSR count). The summed E-state index contributed by atoms with van der Waals surface area (Å²) in [5, 5.41) is 0. The molecule has 1 nitrogen and oxygen atoms in total. The lowest BCUT2D eigenvalue weighted by molar-refractivity contribution is 0.0961. The molecule has 1 aliphatic rings. The average molecular weight is 224 g/mol. The number of hydrogen-bond donors (Lipinski definition) is 0. The van der Waals surface area contributed by atoms with Crippen LogP contribution in [0.2, 0.25) is 0 Å². The second-order valence-corrected chi connectivity index (χ2v) is 4.06. The quantitative estimate of drug-likeness (QED) is 0.710. The standard InChI is InChI=1S/C16H16O/c1-2-8-13-9-6-7-12-15(13)16(17)14-10-4-3-5-11-14/h3-12,15H,2H2,1H3. The van der Waals surface area contributed by atoms with Gasteiger partial charge in [-0.1, -0.05) is 67.6 Å². The van der Waals surface area contributed by atoms with Crippen LogP contribution < -0.4 is 0 Å². The maximum atomic E-state index is 12.4. The van der Waals surface area contributed by atoms with Gasteiger partial charge in [0.05, 0.1) is 5.92 Å². The van der Waals surface area contributed by atoms with E-state index in [4.69, 9.17) is 0 Å². The molecule has 1 unspecified atom stereocenters. The van der Waals surface area contributed by atoms with Crippen molar-refractivity contribution in [1.29, 1.82) is 0 Å². The lowest BCUT2D eigenvalue weighted by Gasteiger charge is -2.15. The molecular formula is C16H16O. The Labute approximate surface area is 102 Å². The van der Waals surface area contributed by atoms with E-state index in [1.165, 1.54) is 0 Å². The molecule has 0 heterocycles. The van der Waals surface area contributed by atoms with Crippen molar-refractivity contribution in [2.75, 3.05) is 0 Å². The van der Waals surface area contributed by atoms with Crippen LogP contribution in [0.5, 0.6) is 0 Å². The smallest absolute Gasteiger partial charge is 0.174 e. The normalized spacial score (nSPS) is 20.8. The van der Waals surface area contributed by atoms with Crippen LogP contribution in [0.4, 0.5) is 0 Å². The van der Waals surface area contributed by atoms with E-state index < -0.39 is 0 Å². The second-order valence-electron chi connectivity index (χ2n) is 4.06. The summed E-state index contributed by atoms with van der Waals surface area (Å²) in [6.07, 6.45) is 11.0. The van der Waals surface area contributed by atoms with E-state index in [-0.39, 0.29) is 11.7 Å². The molecule has 0 aliphatic heterocycles. The third-order valence-corrected chi connectivity index (χ3v) is 2.84. The van der Waals surface area contributed by atoms with Crippen LogP contribution in [0.3, 0.4) is 0 Å². The zero-order valence-corrected chi connectivity index (χ0v) is 9.97. The number of rotatable bonds is 3. The first kappa shape index (κ1) is 11.6. The zero-order valence-electron chi connectivity index (χ0n) is 9.97. The minimum Gasteiger partial charge on any atom is -0.293 e. The minimum atomic E-state index is -0.123. The van der Waals surface area contributed by atoms with Gasteiger partial charge in [-0.3, -0.25) is 4.79 Å². The van der Waals surface area contributed by atoms with Crippen LogP contribution in [0.1, 0.15) is 23.7 Å². The van der Waals surface area contributed by atoms with Crippen LogP contribution in [-0.2, 0) is 0 Å². The first-order valence-electron chi connectivity index (χ1n) is 5.97. The van der Waals surface area contributed by atoms with Crippen molar-refractivity contribution in [3.63, 3.8) is 0 Å². The SMILES string of the molecule is CCC=C1C=CC=CC1C(=O)c1ccccc1. The molecule has 86 valence electrons. The van der Waals surface area contributed by atoms with E-state index in [1.807, 2.05) is 54.6 Å². The van der Waals surface area contributed by atoms with Gasteiger partial charge in [0.15, 0.2) is 5.78 Å². The Morgan fingerprint density at radius 1 is 1.24 bits per heavy atom. The zero-order chi connectivity index (χ0) is 12.1. The van der Waals surface area contributed by atoms with E-state index in [0.717, 1.165) is 17.6 Å². The molecule has 0 saturated carbocycles. The van der Waals surface area contributed by atoms with Gasteiger partial charge in [-0.05, 0) is 12.0 Å². The predicted octanol–water partition coefficient (Wildman–Crippen LogP) is 3.95. The van der Waals surface area contributed by atoms with E-state index in [2.05, 4.69) is 13.0 Å². The van der Waals surface area contributed by atoms with Gasteiger partial charge in [0.1, 0.15) is 0 Å². The fourth-order valence-corrected chi connectivity index (χ4v) is 2.01. The van der Waals surface area contributed by atoms with Crippen LogP contribution in [0, 0.1) is 5.92 Å². The highest BCUT2D eigenvalue weighted by atomic mass is 16.1. The van der Waals surface area contributed by atoms with Crippen LogP contribution in [-0.4, -0.2) is 5.78 Å². The summed E-state index contributed by atoms with van der Waals surface area (Å²) in [6.45, 7) is 2.09. The molecule has 1 aromatic rings. The topological polar surface area (TPSA) is 17.1 Å². The molecule has 1 heteroatoms. The highest BCUT2D eigenvalue weighted by molar-refractivity contribution is 6.01. The fourth-order valence-electron chi connectivity index (χ4n) is 2.01. The van der Waals surface area contributed by atoms with Crippen molar-refractivity contribution in [2.45, 2.75) is 13.3 Å². The van der Waals surface area contributed by atoms with Gasteiger partial charge >= 0.3 is 0 Å². The third-order valence-electron chi connectivity index (χ3n) is 2.84. The van der Waals surface area contributed by atoms with E-state index >= 15 is 0 Å². The molecule has 17 heavy (non-hydrogen) atoms. The van der Waals surface area contributed by atoms with E-state index in [0.29, 0.717) is 0 Å². The number of carbonyl (C=O) groups excluding carboxylic acids is 1. The minimum absolute atomic E-state index is 0.123. The Bertz CT molecular complexity index is 478. The largest absolute Gasteiger partial charge is 0.293 e. The van der Waals surface area contributed by atoms with Crippen molar-refractivity contribution < 1.29 is 4.79 Å². The van der Waals surface area contributed by atoms with Gasteiger partial charge in [-0.15, -0.1) is 0 Å². The molecule has 1 atom stereocenters. The second kappa shape index (κ2) is 5.44. The highest BCUT2D eigenvalue weighted by Crippen LogP contribution is 2.23. The monoisotopic (exact) mass is 224 g/mol. The Morgan fingerprint density at radius 2 is 2.00 bits per heavy atom. The summed E-state index contributed by atoms with van der Waals surface area (Å²) >= 11 is 0. The average Bonchev–Trinajstić information content (AvgIpc) is 2.40. The Kier molecular flexibility index (Phi) is 3.71. The number of hydrogen-bond acceptors (Lipinski definition) is 1. The predicted molar refractivity (Wildman–Crippen MR) is 70.9 cm³/mol. The van der Waals surface area contributed by atoms with E-state index in [1.54, 1.807) is 0 Å². The summed E-state index contributed by atoms with van der Waals surface area (Å²) in [4.78, 5) is 12.4. The van der Waals surface area contributed by atoms with Crippen molar-refractivity contribution in [3.8, 4) is 0 Å². The number of Topliss-reactive ketones (excluding diaryl/α,β-unsaturated/α-hetero) is 1. The van der Waals surface area contributed by atoms with Gasteiger partial charge in [0, 0.05) is 5.56 Å². The molecule has 1 aromatic carbocycles. The van der Waals surface area contributed by atoms with Gasteiger partial charge in [-0.25, -0.2) is 0 Å². The van der Waals surface area contributed by atoms with Crippen LogP contribution in [0.25, 0.3) is 0 Å². The fraction of sp³-hybridized carbons (Fsp3) is 0.188. The summed E-state index contributed by atoms with van der Waals surface area (Å²) in [6, 6.07) is 9.48. The van der Waals surface area contributed by atoms with Gasteiger partial charge in [-0.2, -0.15) is 0 Å². The Hall–Kier alpha value is -1.89. The van der Waals surface area contributed by atoms with Crippen LogP contribution in [0.15, 0.2) is 66.3 Å². The first-order chi connectivity index (χ1) is 8.33. The summed E-state index contributed by atoms with van der Waals surface area (Å²) in [5.74, 6) is 0.0493. The summed E-state index contributed by atoms with van der Waals surface area (Å²) < 4.78 is 0. The maximum absolute atomic E-state index is 12.4. The summed E-state index contributed by atoms with van der Waals surface area (Å²) in [7, 11) is 0. The Morgan fingerprint density at radius 3 is 2.71 bits per heavy atom.